The van der Waals surface area contributed by atoms with Crippen molar-refractivity contribution in [2.45, 2.75) is 38.1 Å². The Labute approximate surface area is 112 Å². The van der Waals surface area contributed by atoms with Gasteiger partial charge in [-0.05, 0) is 30.9 Å². The minimum atomic E-state index is -0.0996. The van der Waals surface area contributed by atoms with E-state index in [2.05, 4.69) is 4.98 Å². The van der Waals surface area contributed by atoms with Crippen LogP contribution in [-0.2, 0) is 0 Å². The van der Waals surface area contributed by atoms with Gasteiger partial charge in [0.1, 0.15) is 5.75 Å². The van der Waals surface area contributed by atoms with Gasteiger partial charge in [-0.2, -0.15) is 0 Å². The molecule has 0 aliphatic heterocycles. The number of nitrogens with zero attached hydrogens (tertiary/aromatic N) is 1. The molecule has 0 saturated heterocycles. The van der Waals surface area contributed by atoms with E-state index in [1.165, 1.54) is 32.1 Å². The number of rotatable bonds is 3. The van der Waals surface area contributed by atoms with Crippen LogP contribution in [0, 0.1) is 5.92 Å². The zero-order valence-electron chi connectivity index (χ0n) is 11.3. The molecule has 0 bridgehead atoms. The fraction of sp³-hybridized carbons (Fsp3) is 0.533. The van der Waals surface area contributed by atoms with Gasteiger partial charge in [-0.1, -0.05) is 25.3 Å². The molecule has 0 spiro atoms. The maximum Gasteiger partial charge on any atom is 0.212 e. The lowest BCUT2D eigenvalue weighted by Crippen LogP contribution is -2.23. The third kappa shape index (κ3) is 2.32. The van der Waals surface area contributed by atoms with Crippen LogP contribution in [0.5, 0.6) is 5.75 Å². The van der Waals surface area contributed by atoms with E-state index in [-0.39, 0.29) is 6.04 Å². The number of hydrogen-bond donors (Lipinski definition) is 1. The maximum atomic E-state index is 6.33. The molecule has 2 N–H and O–H groups in total. The van der Waals surface area contributed by atoms with Crippen LogP contribution < -0.4 is 10.5 Å². The summed E-state index contributed by atoms with van der Waals surface area (Å²) in [6, 6.07) is 5.60. The number of oxazole rings is 1. The van der Waals surface area contributed by atoms with Crippen LogP contribution >= 0.6 is 0 Å². The van der Waals surface area contributed by atoms with Gasteiger partial charge in [-0.25, -0.2) is 4.98 Å². The fourth-order valence-corrected chi connectivity index (χ4v) is 2.94. The molecule has 1 atom stereocenters. The van der Waals surface area contributed by atoms with E-state index in [1.54, 1.807) is 7.11 Å². The molecule has 102 valence electrons. The summed E-state index contributed by atoms with van der Waals surface area (Å²) in [5, 5.41) is 0. The highest BCUT2D eigenvalue weighted by molar-refractivity contribution is 5.79. The Balaban J connectivity index is 1.92. The number of fused-ring (bicyclic) bond motifs is 1. The van der Waals surface area contributed by atoms with Gasteiger partial charge < -0.3 is 14.9 Å². The van der Waals surface area contributed by atoms with Crippen LogP contribution in [0.2, 0.25) is 0 Å². The fourth-order valence-electron chi connectivity index (χ4n) is 2.94. The third-order valence-electron chi connectivity index (χ3n) is 4.06. The lowest BCUT2D eigenvalue weighted by atomic mass is 9.84. The molecule has 4 nitrogen and oxygen atoms in total. The smallest absolute Gasteiger partial charge is 0.212 e. The number of benzene rings is 1. The monoisotopic (exact) mass is 260 g/mol. The zero-order valence-corrected chi connectivity index (χ0v) is 11.3. The minimum absolute atomic E-state index is 0.0996. The number of aromatic nitrogens is 1. The number of ether oxygens (including phenoxy) is 1. The first-order chi connectivity index (χ1) is 9.29. The Bertz CT molecular complexity index is 558. The van der Waals surface area contributed by atoms with Crippen molar-refractivity contribution in [2.24, 2.45) is 11.7 Å². The normalized spacial score (nSPS) is 18.6. The second-order valence-corrected chi connectivity index (χ2v) is 5.28. The Kier molecular flexibility index (Phi) is 3.42. The molecule has 1 fully saturated rings. The predicted octanol–water partition coefficient (Wildman–Crippen LogP) is 3.42. The second kappa shape index (κ2) is 5.21. The lowest BCUT2D eigenvalue weighted by Gasteiger charge is -2.25. The summed E-state index contributed by atoms with van der Waals surface area (Å²) in [4.78, 5) is 4.54. The zero-order chi connectivity index (χ0) is 13.2. The molecule has 1 aromatic carbocycles. The van der Waals surface area contributed by atoms with Crippen LogP contribution in [0.25, 0.3) is 11.1 Å². The molecule has 1 aliphatic rings. The molecule has 1 heterocycles. The first-order valence-corrected chi connectivity index (χ1v) is 6.98. The Morgan fingerprint density at radius 3 is 2.84 bits per heavy atom. The van der Waals surface area contributed by atoms with Crippen molar-refractivity contribution in [3.63, 3.8) is 0 Å². The summed E-state index contributed by atoms with van der Waals surface area (Å²) in [6.45, 7) is 0. The molecule has 0 amide bonds. The topological polar surface area (TPSA) is 61.3 Å². The van der Waals surface area contributed by atoms with E-state index in [0.29, 0.717) is 11.8 Å². The standard InChI is InChI=1S/C15H20N2O2/c1-18-11-8-5-9-12-14(11)17-15(19-12)13(16)10-6-3-2-4-7-10/h5,8-10,13H,2-4,6-7,16H2,1H3. The van der Waals surface area contributed by atoms with Gasteiger partial charge in [-0.3, -0.25) is 0 Å². The van der Waals surface area contributed by atoms with Crippen molar-refractivity contribution in [1.82, 2.24) is 4.98 Å². The van der Waals surface area contributed by atoms with Crippen molar-refractivity contribution in [2.75, 3.05) is 7.11 Å². The van der Waals surface area contributed by atoms with Gasteiger partial charge in [0, 0.05) is 0 Å². The van der Waals surface area contributed by atoms with E-state index in [4.69, 9.17) is 14.9 Å². The lowest BCUT2D eigenvalue weighted by molar-refractivity contribution is 0.278. The Morgan fingerprint density at radius 1 is 1.32 bits per heavy atom. The first-order valence-electron chi connectivity index (χ1n) is 6.98. The minimum Gasteiger partial charge on any atom is -0.494 e. The van der Waals surface area contributed by atoms with E-state index in [9.17, 15) is 0 Å². The highest BCUT2D eigenvalue weighted by Gasteiger charge is 2.26. The molecule has 1 aliphatic carbocycles. The molecular formula is C15H20N2O2. The molecule has 1 saturated carbocycles. The van der Waals surface area contributed by atoms with Crippen molar-refractivity contribution in [1.29, 1.82) is 0 Å². The third-order valence-corrected chi connectivity index (χ3v) is 4.06. The Hall–Kier alpha value is -1.55. The van der Waals surface area contributed by atoms with Crippen LogP contribution in [0.1, 0.15) is 44.0 Å². The number of nitrogens with two attached hydrogens (primary N) is 1. The van der Waals surface area contributed by atoms with Crippen LogP contribution in [0.15, 0.2) is 22.6 Å². The molecule has 2 aromatic rings. The molecule has 0 radical (unpaired) electrons. The van der Waals surface area contributed by atoms with E-state index >= 15 is 0 Å². The van der Waals surface area contributed by atoms with Crippen LogP contribution in [0.4, 0.5) is 0 Å². The van der Waals surface area contributed by atoms with Gasteiger partial charge in [-0.15, -0.1) is 0 Å². The summed E-state index contributed by atoms with van der Waals surface area (Å²) >= 11 is 0. The van der Waals surface area contributed by atoms with Crippen molar-refractivity contribution in [3.8, 4) is 5.75 Å². The van der Waals surface area contributed by atoms with Gasteiger partial charge in [0.15, 0.2) is 11.1 Å². The molecule has 4 heteroatoms. The number of methoxy groups -OCH3 is 1. The average molecular weight is 260 g/mol. The van der Waals surface area contributed by atoms with Gasteiger partial charge in [0.05, 0.1) is 13.2 Å². The summed E-state index contributed by atoms with van der Waals surface area (Å²) in [7, 11) is 1.64. The second-order valence-electron chi connectivity index (χ2n) is 5.28. The summed E-state index contributed by atoms with van der Waals surface area (Å²) in [5.74, 6) is 1.88. The van der Waals surface area contributed by atoms with Gasteiger partial charge in [0.2, 0.25) is 5.89 Å². The molecule has 1 aromatic heterocycles. The van der Waals surface area contributed by atoms with Gasteiger partial charge >= 0.3 is 0 Å². The van der Waals surface area contributed by atoms with Crippen molar-refractivity contribution >= 4 is 11.1 Å². The van der Waals surface area contributed by atoms with E-state index in [1.807, 2.05) is 18.2 Å². The average Bonchev–Trinajstić information content (AvgIpc) is 2.91. The van der Waals surface area contributed by atoms with Gasteiger partial charge in [0.25, 0.3) is 0 Å². The maximum absolute atomic E-state index is 6.33. The first kappa shape index (κ1) is 12.5. The van der Waals surface area contributed by atoms with Crippen molar-refractivity contribution < 1.29 is 9.15 Å². The summed E-state index contributed by atoms with van der Waals surface area (Å²) in [5.41, 5.74) is 7.85. The summed E-state index contributed by atoms with van der Waals surface area (Å²) in [6.07, 6.45) is 6.21. The highest BCUT2D eigenvalue weighted by atomic mass is 16.5. The number of hydrogen-bond acceptors (Lipinski definition) is 4. The molecule has 1 unspecified atom stereocenters. The Morgan fingerprint density at radius 2 is 2.11 bits per heavy atom. The van der Waals surface area contributed by atoms with E-state index < -0.39 is 0 Å². The number of para-hydroxylation sites is 1. The predicted molar refractivity (Wildman–Crippen MR) is 74.1 cm³/mol. The quantitative estimate of drug-likeness (QED) is 0.918. The SMILES string of the molecule is COc1cccc2oc(C(N)C3CCCCC3)nc12. The molecular weight excluding hydrogens is 240 g/mol. The highest BCUT2D eigenvalue weighted by Crippen LogP contribution is 2.35. The van der Waals surface area contributed by atoms with Crippen molar-refractivity contribution in [3.05, 3.63) is 24.1 Å². The molecule has 3 rings (SSSR count). The van der Waals surface area contributed by atoms with Crippen LogP contribution in [0.3, 0.4) is 0 Å². The molecule has 19 heavy (non-hydrogen) atoms. The summed E-state index contributed by atoms with van der Waals surface area (Å²) < 4.78 is 11.1. The van der Waals surface area contributed by atoms with Crippen LogP contribution in [-0.4, -0.2) is 12.1 Å². The largest absolute Gasteiger partial charge is 0.494 e. The van der Waals surface area contributed by atoms with E-state index in [0.717, 1.165) is 16.8 Å².